The molecule has 0 aliphatic carbocycles. The first-order valence-corrected chi connectivity index (χ1v) is 8.96. The molecular weight excluding hydrogens is 334 g/mol. The zero-order valence-electron chi connectivity index (χ0n) is 14.1. The molecule has 4 nitrogen and oxygen atoms in total. The van der Waals surface area contributed by atoms with Crippen molar-refractivity contribution in [1.29, 1.82) is 0 Å². The maximum absolute atomic E-state index is 12.6. The minimum atomic E-state index is -0.828. The maximum atomic E-state index is 12.6. The fraction of sp³-hybridized carbons (Fsp3) is 0.200. The van der Waals surface area contributed by atoms with E-state index in [0.717, 1.165) is 15.8 Å². The van der Waals surface area contributed by atoms with Crippen molar-refractivity contribution in [3.8, 4) is 0 Å². The molecule has 3 aromatic rings. The Hall–Kier alpha value is -2.53. The van der Waals surface area contributed by atoms with Crippen molar-refractivity contribution >= 4 is 34.4 Å². The van der Waals surface area contributed by atoms with Gasteiger partial charge in [-0.1, -0.05) is 36.4 Å². The summed E-state index contributed by atoms with van der Waals surface area (Å²) < 4.78 is 5.40. The highest BCUT2D eigenvalue weighted by Gasteiger charge is 2.25. The van der Waals surface area contributed by atoms with Crippen molar-refractivity contribution < 1.29 is 14.3 Å². The zero-order chi connectivity index (χ0) is 17.8. The molecule has 1 aromatic heterocycles. The lowest BCUT2D eigenvalue weighted by molar-refractivity contribution is -0.145. The number of ether oxygens (including phenoxy) is 1. The number of aromatic nitrogens is 1. The Morgan fingerprint density at radius 3 is 2.44 bits per heavy atom. The second-order valence-corrected chi connectivity index (χ2v) is 7.18. The summed E-state index contributed by atoms with van der Waals surface area (Å²) in [5.41, 5.74) is 1.43. The van der Waals surface area contributed by atoms with Crippen LogP contribution in [0.2, 0.25) is 0 Å². The summed E-state index contributed by atoms with van der Waals surface area (Å²) in [5.74, 6) is -0.600. The number of H-pyrrole nitrogens is 1. The minimum Gasteiger partial charge on any atom is -0.453 e. The van der Waals surface area contributed by atoms with Crippen LogP contribution in [0.3, 0.4) is 0 Å². The van der Waals surface area contributed by atoms with Gasteiger partial charge in [0.15, 0.2) is 6.10 Å². The van der Waals surface area contributed by atoms with Gasteiger partial charge in [-0.15, -0.1) is 11.8 Å². The highest BCUT2D eigenvalue weighted by Crippen LogP contribution is 2.25. The molecule has 0 saturated carbocycles. The molecule has 0 bridgehead atoms. The van der Waals surface area contributed by atoms with Crippen LogP contribution in [0, 0.1) is 0 Å². The highest BCUT2D eigenvalue weighted by atomic mass is 32.2. The van der Waals surface area contributed by atoms with Gasteiger partial charge in [0.2, 0.25) is 5.78 Å². The number of thioether (sulfide) groups is 1. The maximum Gasteiger partial charge on any atom is 0.319 e. The normalized spacial score (nSPS) is 13.4. The number of aromatic amines is 1. The number of fused-ring (bicyclic) bond motifs is 1. The van der Waals surface area contributed by atoms with Crippen molar-refractivity contribution in [2.24, 2.45) is 0 Å². The van der Waals surface area contributed by atoms with E-state index < -0.39 is 12.1 Å². The van der Waals surface area contributed by atoms with E-state index in [1.807, 2.05) is 54.6 Å². The number of rotatable bonds is 6. The number of ketones is 1. The molecule has 2 atom stereocenters. The fourth-order valence-corrected chi connectivity index (χ4v) is 3.44. The molecule has 0 spiro atoms. The summed E-state index contributed by atoms with van der Waals surface area (Å²) >= 11 is 1.41. The van der Waals surface area contributed by atoms with E-state index in [1.54, 1.807) is 20.0 Å². The first-order chi connectivity index (χ1) is 12.1. The average molecular weight is 353 g/mol. The van der Waals surface area contributed by atoms with Crippen molar-refractivity contribution in [3.63, 3.8) is 0 Å². The molecule has 1 heterocycles. The number of benzene rings is 2. The Labute approximate surface area is 150 Å². The summed E-state index contributed by atoms with van der Waals surface area (Å²) in [6.07, 6.45) is 0.838. The van der Waals surface area contributed by atoms with Gasteiger partial charge in [0, 0.05) is 27.6 Å². The summed E-state index contributed by atoms with van der Waals surface area (Å²) in [5, 5.41) is 0.447. The van der Waals surface area contributed by atoms with Crippen molar-refractivity contribution in [3.05, 3.63) is 66.4 Å². The lowest BCUT2D eigenvalue weighted by Crippen LogP contribution is -2.28. The predicted octanol–water partition coefficient (Wildman–Crippen LogP) is 4.46. The largest absolute Gasteiger partial charge is 0.453 e. The molecule has 2 aromatic carbocycles. The number of Topliss-reactive ketones (excluding diaryl/α,β-unsaturated/α-hetero) is 1. The van der Waals surface area contributed by atoms with Gasteiger partial charge in [0.25, 0.3) is 0 Å². The van der Waals surface area contributed by atoms with Gasteiger partial charge in [-0.05, 0) is 32.0 Å². The molecule has 1 N–H and O–H groups in total. The van der Waals surface area contributed by atoms with E-state index in [9.17, 15) is 9.59 Å². The van der Waals surface area contributed by atoms with Gasteiger partial charge in [-0.25, -0.2) is 0 Å². The molecule has 0 amide bonds. The molecule has 0 radical (unpaired) electrons. The first kappa shape index (κ1) is 17.3. The molecule has 0 unspecified atom stereocenters. The molecule has 128 valence electrons. The van der Waals surface area contributed by atoms with E-state index in [0.29, 0.717) is 5.56 Å². The molecule has 3 rings (SSSR count). The van der Waals surface area contributed by atoms with Crippen LogP contribution in [0.1, 0.15) is 24.2 Å². The van der Waals surface area contributed by atoms with Crippen molar-refractivity contribution in [1.82, 2.24) is 4.98 Å². The van der Waals surface area contributed by atoms with Crippen LogP contribution in [0.15, 0.2) is 65.7 Å². The van der Waals surface area contributed by atoms with Gasteiger partial charge in [-0.2, -0.15) is 0 Å². The lowest BCUT2D eigenvalue weighted by atomic mass is 10.1. The van der Waals surface area contributed by atoms with Crippen LogP contribution in [-0.4, -0.2) is 28.1 Å². The summed E-state index contributed by atoms with van der Waals surface area (Å²) in [6, 6.07) is 17.2. The Balaban J connectivity index is 1.65. The number of carbonyl (C=O) groups is 2. The Morgan fingerprint density at radius 2 is 1.68 bits per heavy atom. The average Bonchev–Trinajstić information content (AvgIpc) is 3.05. The van der Waals surface area contributed by atoms with Crippen molar-refractivity contribution in [2.75, 3.05) is 0 Å². The summed E-state index contributed by atoms with van der Waals surface area (Å²) in [6.45, 7) is 3.39. The van der Waals surface area contributed by atoms with Gasteiger partial charge < -0.3 is 9.72 Å². The van der Waals surface area contributed by atoms with Crippen LogP contribution in [0.25, 0.3) is 10.9 Å². The molecular formula is C20H19NO3S. The number of hydrogen-bond donors (Lipinski definition) is 1. The van der Waals surface area contributed by atoms with Crippen LogP contribution in [-0.2, 0) is 9.53 Å². The van der Waals surface area contributed by atoms with Crippen molar-refractivity contribution in [2.45, 2.75) is 30.1 Å². The molecule has 0 aliphatic heterocycles. The monoisotopic (exact) mass is 353 g/mol. The smallest absolute Gasteiger partial charge is 0.319 e. The van der Waals surface area contributed by atoms with E-state index >= 15 is 0 Å². The lowest BCUT2D eigenvalue weighted by Gasteiger charge is -2.15. The molecule has 0 aliphatic rings. The van der Waals surface area contributed by atoms with Crippen LogP contribution in [0.5, 0.6) is 0 Å². The van der Waals surface area contributed by atoms with Crippen LogP contribution < -0.4 is 0 Å². The summed E-state index contributed by atoms with van der Waals surface area (Å²) in [4.78, 5) is 29.0. The first-order valence-electron chi connectivity index (χ1n) is 8.09. The quantitative estimate of drug-likeness (QED) is 0.404. The molecule has 25 heavy (non-hydrogen) atoms. The standard InChI is InChI=1S/C20H19NO3S/c1-13(19(22)17-12-21-18-11-7-6-10-16(17)18)24-20(23)14(2)25-15-8-4-3-5-9-15/h3-14,21H,1-2H3/t13-,14-/m0/s1. The Kier molecular flexibility index (Phi) is 5.24. The number of para-hydroxylation sites is 1. The van der Waals surface area contributed by atoms with Crippen LogP contribution >= 0.6 is 11.8 Å². The minimum absolute atomic E-state index is 0.206. The van der Waals surface area contributed by atoms with Gasteiger partial charge in [0.05, 0.1) is 0 Å². The number of nitrogens with one attached hydrogen (secondary N) is 1. The SMILES string of the molecule is C[C@H](OC(=O)[C@H](C)Sc1ccccc1)C(=O)c1c[nH]c2ccccc12. The third-order valence-electron chi connectivity index (χ3n) is 3.90. The topological polar surface area (TPSA) is 59.2 Å². The molecule has 0 fully saturated rings. The third-order valence-corrected chi connectivity index (χ3v) is 5.00. The zero-order valence-corrected chi connectivity index (χ0v) is 14.9. The molecule has 0 saturated heterocycles. The number of hydrogen-bond acceptors (Lipinski definition) is 4. The molecule has 5 heteroatoms. The van der Waals surface area contributed by atoms with E-state index in [-0.39, 0.29) is 11.0 Å². The van der Waals surface area contributed by atoms with E-state index in [2.05, 4.69) is 4.98 Å². The Morgan fingerprint density at radius 1 is 1.00 bits per heavy atom. The predicted molar refractivity (Wildman–Crippen MR) is 99.9 cm³/mol. The van der Waals surface area contributed by atoms with Gasteiger partial charge in [-0.3, -0.25) is 9.59 Å². The Bertz CT molecular complexity index is 888. The van der Waals surface area contributed by atoms with Gasteiger partial charge in [0.1, 0.15) is 5.25 Å². The fourth-order valence-electron chi connectivity index (χ4n) is 2.57. The second kappa shape index (κ2) is 7.57. The van der Waals surface area contributed by atoms with E-state index in [4.69, 9.17) is 4.74 Å². The van der Waals surface area contributed by atoms with Crippen LogP contribution in [0.4, 0.5) is 0 Å². The summed E-state index contributed by atoms with van der Waals surface area (Å²) in [7, 11) is 0. The third kappa shape index (κ3) is 3.94. The number of esters is 1. The van der Waals surface area contributed by atoms with Gasteiger partial charge >= 0.3 is 5.97 Å². The number of carbonyl (C=O) groups excluding carboxylic acids is 2. The highest BCUT2D eigenvalue weighted by molar-refractivity contribution is 8.00. The second-order valence-electron chi connectivity index (χ2n) is 5.76. The van der Waals surface area contributed by atoms with E-state index in [1.165, 1.54) is 11.8 Å².